The van der Waals surface area contributed by atoms with E-state index in [0.29, 0.717) is 17.0 Å². The van der Waals surface area contributed by atoms with Gasteiger partial charge in [0, 0.05) is 30.9 Å². The van der Waals surface area contributed by atoms with E-state index in [1.807, 2.05) is 23.1 Å². The number of nitrogens with zero attached hydrogens (tertiary/aromatic N) is 3. The zero-order valence-corrected chi connectivity index (χ0v) is 12.6. The third kappa shape index (κ3) is 2.86. The Kier molecular flexibility index (Phi) is 4.34. The lowest BCUT2D eigenvalue weighted by molar-refractivity contribution is 0.0702. The molecule has 1 unspecified atom stereocenters. The lowest BCUT2D eigenvalue weighted by Gasteiger charge is -2.28. The number of alkyl halides is 1. The first kappa shape index (κ1) is 14.3. The van der Waals surface area contributed by atoms with Gasteiger partial charge in [-0.1, -0.05) is 18.9 Å². The number of hydrogen-bond donors (Lipinski definition) is 0. The summed E-state index contributed by atoms with van der Waals surface area (Å²) in [5, 5.41) is 0. The highest BCUT2D eigenvalue weighted by Crippen LogP contribution is 2.22. The van der Waals surface area contributed by atoms with Crippen LogP contribution in [0.15, 0.2) is 30.6 Å². The minimum atomic E-state index is 0.0219. The molecule has 1 amide bonds. The quantitative estimate of drug-likeness (QED) is 0.800. The van der Waals surface area contributed by atoms with Crippen LogP contribution in [0.5, 0.6) is 0 Å². The maximum atomic E-state index is 12.9. The third-order valence-electron chi connectivity index (χ3n) is 4.05. The average molecular weight is 304 g/mol. The zero-order chi connectivity index (χ0) is 14.7. The van der Waals surface area contributed by atoms with Gasteiger partial charge in [0.25, 0.3) is 5.91 Å². The maximum absolute atomic E-state index is 12.9. The van der Waals surface area contributed by atoms with Gasteiger partial charge in [0.1, 0.15) is 5.52 Å². The van der Waals surface area contributed by atoms with E-state index < -0.39 is 0 Å². The Labute approximate surface area is 129 Å². The fourth-order valence-corrected chi connectivity index (χ4v) is 3.25. The highest BCUT2D eigenvalue weighted by molar-refractivity contribution is 6.18. The van der Waals surface area contributed by atoms with E-state index in [1.54, 1.807) is 12.4 Å². The number of benzene rings is 1. The summed E-state index contributed by atoms with van der Waals surface area (Å²) in [6, 6.07) is 5.68. The van der Waals surface area contributed by atoms with Crippen LogP contribution in [0, 0.1) is 0 Å². The Morgan fingerprint density at radius 3 is 2.95 bits per heavy atom. The second-order valence-corrected chi connectivity index (χ2v) is 5.69. The van der Waals surface area contributed by atoms with Crippen molar-refractivity contribution in [3.8, 4) is 0 Å². The first-order valence-electron chi connectivity index (χ1n) is 7.38. The summed E-state index contributed by atoms with van der Waals surface area (Å²) in [7, 11) is 0. The number of halogens is 1. The van der Waals surface area contributed by atoms with Crippen LogP contribution < -0.4 is 0 Å². The van der Waals surface area contributed by atoms with Gasteiger partial charge in [-0.3, -0.25) is 14.8 Å². The van der Waals surface area contributed by atoms with Crippen LogP contribution >= 0.6 is 11.6 Å². The minimum Gasteiger partial charge on any atom is -0.334 e. The van der Waals surface area contributed by atoms with Gasteiger partial charge in [0.05, 0.1) is 11.1 Å². The number of aromatic nitrogens is 2. The number of fused-ring (bicyclic) bond motifs is 1. The molecule has 0 bridgehead atoms. The summed E-state index contributed by atoms with van der Waals surface area (Å²) >= 11 is 6.08. The number of para-hydroxylation sites is 1. The van der Waals surface area contributed by atoms with Gasteiger partial charge in [-0.05, 0) is 25.0 Å². The van der Waals surface area contributed by atoms with E-state index in [4.69, 9.17) is 11.6 Å². The number of carbonyl (C=O) groups excluding carboxylic acids is 1. The molecule has 1 atom stereocenters. The molecular weight excluding hydrogens is 286 g/mol. The Hall–Kier alpha value is -1.68. The standard InChI is InChI=1S/C16H18ClN3O/c17-11-12-5-2-1-3-10-20(12)16(21)13-6-4-7-14-15(13)19-9-8-18-14/h4,6-9,12H,1-3,5,10-11H2. The third-order valence-corrected chi connectivity index (χ3v) is 4.40. The van der Waals surface area contributed by atoms with Gasteiger partial charge in [-0.25, -0.2) is 0 Å². The second-order valence-electron chi connectivity index (χ2n) is 5.39. The molecule has 1 fully saturated rings. The minimum absolute atomic E-state index is 0.0219. The monoisotopic (exact) mass is 303 g/mol. The highest BCUT2D eigenvalue weighted by atomic mass is 35.5. The zero-order valence-electron chi connectivity index (χ0n) is 11.8. The van der Waals surface area contributed by atoms with Crippen molar-refractivity contribution in [1.82, 2.24) is 14.9 Å². The van der Waals surface area contributed by atoms with E-state index >= 15 is 0 Å². The van der Waals surface area contributed by atoms with Crippen LogP contribution in [0.1, 0.15) is 36.0 Å². The van der Waals surface area contributed by atoms with Crippen molar-refractivity contribution in [1.29, 1.82) is 0 Å². The molecule has 1 aromatic heterocycles. The van der Waals surface area contributed by atoms with E-state index in [0.717, 1.165) is 37.7 Å². The molecule has 0 aliphatic carbocycles. The molecule has 0 radical (unpaired) electrons. The van der Waals surface area contributed by atoms with E-state index in [-0.39, 0.29) is 11.9 Å². The fraction of sp³-hybridized carbons (Fsp3) is 0.438. The first-order valence-corrected chi connectivity index (χ1v) is 7.91. The molecule has 0 spiro atoms. The van der Waals surface area contributed by atoms with Crippen molar-refractivity contribution in [2.45, 2.75) is 31.7 Å². The Balaban J connectivity index is 1.99. The number of rotatable bonds is 2. The van der Waals surface area contributed by atoms with Gasteiger partial charge in [0.15, 0.2) is 0 Å². The van der Waals surface area contributed by atoms with E-state index in [2.05, 4.69) is 9.97 Å². The van der Waals surface area contributed by atoms with Gasteiger partial charge in [0.2, 0.25) is 0 Å². The maximum Gasteiger partial charge on any atom is 0.256 e. The summed E-state index contributed by atoms with van der Waals surface area (Å²) in [5.74, 6) is 0.510. The van der Waals surface area contributed by atoms with Crippen molar-refractivity contribution in [3.63, 3.8) is 0 Å². The van der Waals surface area contributed by atoms with Gasteiger partial charge in [-0.15, -0.1) is 11.6 Å². The molecule has 2 heterocycles. The van der Waals surface area contributed by atoms with Gasteiger partial charge in [-0.2, -0.15) is 0 Å². The Morgan fingerprint density at radius 1 is 1.24 bits per heavy atom. The predicted molar refractivity (Wildman–Crippen MR) is 83.6 cm³/mol. The molecule has 110 valence electrons. The molecule has 21 heavy (non-hydrogen) atoms. The summed E-state index contributed by atoms with van der Waals surface area (Å²) in [6.07, 6.45) is 7.58. The molecule has 0 saturated carbocycles. The average Bonchev–Trinajstić information content (AvgIpc) is 2.79. The normalized spacial score (nSPS) is 19.5. The number of hydrogen-bond acceptors (Lipinski definition) is 3. The first-order chi connectivity index (χ1) is 10.3. The molecule has 1 aliphatic rings. The second kappa shape index (κ2) is 6.39. The topological polar surface area (TPSA) is 46.1 Å². The summed E-state index contributed by atoms with van der Waals surface area (Å²) in [6.45, 7) is 0.771. The number of carbonyl (C=O) groups is 1. The SMILES string of the molecule is O=C(c1cccc2nccnc12)N1CCCCCC1CCl. The van der Waals surface area contributed by atoms with Crippen LogP contribution in [0.3, 0.4) is 0 Å². The van der Waals surface area contributed by atoms with Crippen molar-refractivity contribution >= 4 is 28.5 Å². The fourth-order valence-electron chi connectivity index (χ4n) is 2.93. The van der Waals surface area contributed by atoms with Crippen LogP contribution in [-0.4, -0.2) is 39.2 Å². The molecule has 1 aromatic carbocycles. The van der Waals surface area contributed by atoms with Gasteiger partial charge < -0.3 is 4.90 Å². The number of likely N-dealkylation sites (tertiary alicyclic amines) is 1. The molecule has 3 rings (SSSR count). The Bertz CT molecular complexity index is 641. The number of amides is 1. The van der Waals surface area contributed by atoms with E-state index in [1.165, 1.54) is 0 Å². The smallest absolute Gasteiger partial charge is 0.256 e. The molecule has 2 aromatic rings. The van der Waals surface area contributed by atoms with Crippen LogP contribution in [-0.2, 0) is 0 Å². The summed E-state index contributed by atoms with van der Waals surface area (Å²) in [5.41, 5.74) is 2.04. The van der Waals surface area contributed by atoms with Crippen molar-refractivity contribution in [2.75, 3.05) is 12.4 Å². The lowest BCUT2D eigenvalue weighted by atomic mass is 10.1. The van der Waals surface area contributed by atoms with E-state index in [9.17, 15) is 4.79 Å². The predicted octanol–water partition coefficient (Wildman–Crippen LogP) is 3.25. The van der Waals surface area contributed by atoms with Crippen molar-refractivity contribution < 1.29 is 4.79 Å². The molecule has 4 nitrogen and oxygen atoms in total. The highest BCUT2D eigenvalue weighted by Gasteiger charge is 2.26. The Morgan fingerprint density at radius 2 is 2.10 bits per heavy atom. The molecule has 0 N–H and O–H groups in total. The summed E-state index contributed by atoms with van der Waals surface area (Å²) in [4.78, 5) is 23.5. The molecule has 1 saturated heterocycles. The lowest BCUT2D eigenvalue weighted by Crippen LogP contribution is -2.41. The van der Waals surface area contributed by atoms with Gasteiger partial charge >= 0.3 is 0 Å². The molecule has 5 heteroatoms. The molecular formula is C16H18ClN3O. The summed E-state index contributed by atoms with van der Waals surface area (Å²) < 4.78 is 0. The van der Waals surface area contributed by atoms with Crippen molar-refractivity contribution in [2.24, 2.45) is 0 Å². The van der Waals surface area contributed by atoms with Crippen LogP contribution in [0.2, 0.25) is 0 Å². The molecule has 1 aliphatic heterocycles. The largest absolute Gasteiger partial charge is 0.334 e. The van der Waals surface area contributed by atoms with Crippen LogP contribution in [0.25, 0.3) is 11.0 Å². The van der Waals surface area contributed by atoms with Crippen LogP contribution in [0.4, 0.5) is 0 Å². The van der Waals surface area contributed by atoms with Crippen molar-refractivity contribution in [3.05, 3.63) is 36.2 Å².